The zero-order valence-corrected chi connectivity index (χ0v) is 11.8. The third kappa shape index (κ3) is 2.80. The molecule has 1 N–H and O–H groups in total. The van der Waals surface area contributed by atoms with Gasteiger partial charge in [0.25, 0.3) is 0 Å². The fraction of sp³-hybridized carbons (Fsp3) is 0.714. The minimum Gasteiger partial charge on any atom is -0.338 e. The number of anilines is 1. The number of piperidine rings is 1. The van der Waals surface area contributed by atoms with Gasteiger partial charge in [-0.15, -0.1) is 0 Å². The smallest absolute Gasteiger partial charge is 0.225 e. The van der Waals surface area contributed by atoms with Gasteiger partial charge in [0.1, 0.15) is 0 Å². The Labute approximate surface area is 110 Å². The molecule has 1 aromatic rings. The molecule has 0 spiro atoms. The third-order valence-corrected chi connectivity index (χ3v) is 3.93. The van der Waals surface area contributed by atoms with Crippen molar-refractivity contribution in [3.63, 3.8) is 0 Å². The molecule has 1 aliphatic rings. The first-order chi connectivity index (χ1) is 8.61. The van der Waals surface area contributed by atoms with Gasteiger partial charge < -0.3 is 10.2 Å². The second kappa shape index (κ2) is 5.65. The molecule has 1 aromatic heterocycles. The van der Waals surface area contributed by atoms with Crippen LogP contribution >= 0.6 is 0 Å². The molecular formula is C14H24N4. The van der Waals surface area contributed by atoms with Crippen LogP contribution in [0.25, 0.3) is 0 Å². The first-order valence-corrected chi connectivity index (χ1v) is 6.84. The Balaban J connectivity index is 2.14. The Morgan fingerprint density at radius 3 is 2.56 bits per heavy atom. The van der Waals surface area contributed by atoms with Gasteiger partial charge in [-0.1, -0.05) is 13.8 Å². The van der Waals surface area contributed by atoms with Crippen molar-refractivity contribution < 1.29 is 0 Å². The molecular weight excluding hydrogens is 224 g/mol. The number of nitrogens with zero attached hydrogens (tertiary/aromatic N) is 3. The van der Waals surface area contributed by atoms with Crippen molar-refractivity contribution in [2.75, 3.05) is 18.5 Å². The molecule has 4 nitrogen and oxygen atoms in total. The van der Waals surface area contributed by atoms with Crippen LogP contribution in [-0.4, -0.2) is 29.6 Å². The van der Waals surface area contributed by atoms with Gasteiger partial charge in [-0.2, -0.15) is 0 Å². The molecule has 4 heteroatoms. The first-order valence-electron chi connectivity index (χ1n) is 6.84. The van der Waals surface area contributed by atoms with E-state index < -0.39 is 0 Å². The average molecular weight is 248 g/mol. The predicted molar refractivity (Wildman–Crippen MR) is 74.5 cm³/mol. The molecule has 0 radical (unpaired) electrons. The summed E-state index contributed by atoms with van der Waals surface area (Å²) in [5.41, 5.74) is 1.13. The van der Waals surface area contributed by atoms with Crippen molar-refractivity contribution in [1.29, 1.82) is 0 Å². The number of hydrogen-bond donors (Lipinski definition) is 1. The van der Waals surface area contributed by atoms with E-state index in [1.54, 1.807) is 0 Å². The summed E-state index contributed by atoms with van der Waals surface area (Å²) in [6, 6.07) is 0.524. The van der Waals surface area contributed by atoms with E-state index in [0.29, 0.717) is 12.0 Å². The SMILES string of the molecule is CNCc1cnc(N2CC(C)CC(C)C2C)nc1. The van der Waals surface area contributed by atoms with E-state index in [9.17, 15) is 0 Å². The van der Waals surface area contributed by atoms with E-state index in [1.807, 2.05) is 19.4 Å². The van der Waals surface area contributed by atoms with E-state index >= 15 is 0 Å². The van der Waals surface area contributed by atoms with Crippen molar-refractivity contribution in [2.24, 2.45) is 11.8 Å². The van der Waals surface area contributed by atoms with Crippen molar-refractivity contribution in [1.82, 2.24) is 15.3 Å². The highest BCUT2D eigenvalue weighted by Crippen LogP contribution is 2.29. The Morgan fingerprint density at radius 1 is 1.28 bits per heavy atom. The van der Waals surface area contributed by atoms with Crippen LogP contribution in [-0.2, 0) is 6.54 Å². The third-order valence-electron chi connectivity index (χ3n) is 3.93. The Kier molecular flexibility index (Phi) is 4.17. The molecule has 3 unspecified atom stereocenters. The van der Waals surface area contributed by atoms with Crippen molar-refractivity contribution in [3.05, 3.63) is 18.0 Å². The normalized spacial score (nSPS) is 28.4. The van der Waals surface area contributed by atoms with Gasteiger partial charge in [-0.3, -0.25) is 0 Å². The quantitative estimate of drug-likeness (QED) is 0.889. The van der Waals surface area contributed by atoms with Crippen LogP contribution in [0.1, 0.15) is 32.8 Å². The fourth-order valence-electron chi connectivity index (χ4n) is 2.77. The second-order valence-electron chi connectivity index (χ2n) is 5.63. The van der Waals surface area contributed by atoms with Crippen molar-refractivity contribution >= 4 is 5.95 Å². The van der Waals surface area contributed by atoms with Crippen LogP contribution in [0, 0.1) is 11.8 Å². The summed E-state index contributed by atoms with van der Waals surface area (Å²) < 4.78 is 0. The Morgan fingerprint density at radius 2 is 1.94 bits per heavy atom. The van der Waals surface area contributed by atoms with Gasteiger partial charge in [-0.25, -0.2) is 9.97 Å². The fourth-order valence-corrected chi connectivity index (χ4v) is 2.77. The highest BCUT2D eigenvalue weighted by atomic mass is 15.3. The maximum atomic E-state index is 4.52. The zero-order chi connectivity index (χ0) is 13.1. The van der Waals surface area contributed by atoms with E-state index in [-0.39, 0.29) is 0 Å². The van der Waals surface area contributed by atoms with E-state index in [4.69, 9.17) is 0 Å². The minimum absolute atomic E-state index is 0.524. The minimum atomic E-state index is 0.524. The van der Waals surface area contributed by atoms with Gasteiger partial charge >= 0.3 is 0 Å². The molecule has 1 saturated heterocycles. The number of nitrogens with one attached hydrogen (secondary N) is 1. The van der Waals surface area contributed by atoms with Crippen LogP contribution in [0.3, 0.4) is 0 Å². The molecule has 0 aromatic carbocycles. The van der Waals surface area contributed by atoms with Crippen molar-refractivity contribution in [3.8, 4) is 0 Å². The summed E-state index contributed by atoms with van der Waals surface area (Å²) in [6.45, 7) is 8.80. The standard InChI is InChI=1S/C14H24N4/c1-10-5-11(2)12(3)18(9-10)14-16-7-13(6-15-4)8-17-14/h7-8,10-12,15H,5-6,9H2,1-4H3. The summed E-state index contributed by atoms with van der Waals surface area (Å²) in [6.07, 6.45) is 5.15. The molecule has 100 valence electrons. The number of aromatic nitrogens is 2. The molecule has 0 amide bonds. The molecule has 0 bridgehead atoms. The monoisotopic (exact) mass is 248 g/mol. The summed E-state index contributed by atoms with van der Waals surface area (Å²) in [5.74, 6) is 2.30. The van der Waals surface area contributed by atoms with Gasteiger partial charge in [-0.05, 0) is 32.2 Å². The Bertz CT molecular complexity index is 376. The van der Waals surface area contributed by atoms with Crippen LogP contribution in [0.15, 0.2) is 12.4 Å². The van der Waals surface area contributed by atoms with Crippen molar-refractivity contribution in [2.45, 2.75) is 39.8 Å². The second-order valence-corrected chi connectivity index (χ2v) is 5.63. The maximum absolute atomic E-state index is 4.52. The predicted octanol–water partition coefficient (Wildman–Crippen LogP) is 2.07. The maximum Gasteiger partial charge on any atom is 0.225 e. The van der Waals surface area contributed by atoms with E-state index in [2.05, 4.69) is 41.0 Å². The lowest BCUT2D eigenvalue weighted by atomic mass is 9.86. The highest BCUT2D eigenvalue weighted by molar-refractivity contribution is 5.33. The summed E-state index contributed by atoms with van der Waals surface area (Å²) in [5, 5.41) is 3.11. The topological polar surface area (TPSA) is 41.1 Å². The van der Waals surface area contributed by atoms with E-state index in [0.717, 1.165) is 30.5 Å². The van der Waals surface area contributed by atoms with Gasteiger partial charge in [0.15, 0.2) is 0 Å². The molecule has 0 aliphatic carbocycles. The largest absolute Gasteiger partial charge is 0.338 e. The molecule has 1 aliphatic heterocycles. The zero-order valence-electron chi connectivity index (χ0n) is 11.8. The van der Waals surface area contributed by atoms with Crippen LogP contribution in [0.5, 0.6) is 0 Å². The lowest BCUT2D eigenvalue weighted by Gasteiger charge is -2.41. The summed E-state index contributed by atoms with van der Waals surface area (Å²) in [7, 11) is 1.93. The van der Waals surface area contributed by atoms with Crippen LogP contribution in [0.4, 0.5) is 5.95 Å². The van der Waals surface area contributed by atoms with Crippen LogP contribution in [0.2, 0.25) is 0 Å². The molecule has 2 rings (SSSR count). The molecule has 3 atom stereocenters. The van der Waals surface area contributed by atoms with Crippen LogP contribution < -0.4 is 10.2 Å². The molecule has 2 heterocycles. The number of rotatable bonds is 3. The Hall–Kier alpha value is -1.16. The lowest BCUT2D eigenvalue weighted by molar-refractivity contribution is 0.293. The first kappa shape index (κ1) is 13.3. The van der Waals surface area contributed by atoms with Gasteiger partial charge in [0, 0.05) is 37.1 Å². The summed E-state index contributed by atoms with van der Waals surface area (Å²) in [4.78, 5) is 11.4. The van der Waals surface area contributed by atoms with Gasteiger partial charge in [0.05, 0.1) is 0 Å². The average Bonchev–Trinajstić information content (AvgIpc) is 2.35. The van der Waals surface area contributed by atoms with Gasteiger partial charge in [0.2, 0.25) is 5.95 Å². The molecule has 1 fully saturated rings. The van der Waals surface area contributed by atoms with E-state index in [1.165, 1.54) is 6.42 Å². The highest BCUT2D eigenvalue weighted by Gasteiger charge is 2.30. The molecule has 18 heavy (non-hydrogen) atoms. The summed E-state index contributed by atoms with van der Waals surface area (Å²) >= 11 is 0. The lowest BCUT2D eigenvalue weighted by Crippen LogP contribution is -2.46. The molecule has 0 saturated carbocycles. The number of hydrogen-bond acceptors (Lipinski definition) is 4.